The summed E-state index contributed by atoms with van der Waals surface area (Å²) < 4.78 is 1.81. The maximum Gasteiger partial charge on any atom is 0.0902 e. The summed E-state index contributed by atoms with van der Waals surface area (Å²) in [4.78, 5) is 0. The van der Waals surface area contributed by atoms with Gasteiger partial charge < -0.3 is 0 Å². The average molecular weight is 175 g/mol. The second-order valence-electron chi connectivity index (χ2n) is 4.24. The van der Waals surface area contributed by atoms with E-state index in [1.165, 1.54) is 5.56 Å². The smallest absolute Gasteiger partial charge is 0.0902 e. The zero-order valence-corrected chi connectivity index (χ0v) is 8.15. The Balaban J connectivity index is 2.75. The molecule has 0 fully saturated rings. The molecule has 0 N–H and O–H groups in total. The van der Waals surface area contributed by atoms with Crippen LogP contribution in [0.3, 0.4) is 0 Å². The highest BCUT2D eigenvalue weighted by Gasteiger charge is 2.17. The molecule has 0 aliphatic rings. The molecular weight excluding hydrogens is 162 g/mol. The van der Waals surface area contributed by atoms with Gasteiger partial charge in [0.15, 0.2) is 0 Å². The third-order valence-corrected chi connectivity index (χ3v) is 2.15. The van der Waals surface area contributed by atoms with Gasteiger partial charge in [0, 0.05) is 6.20 Å². The van der Waals surface area contributed by atoms with Gasteiger partial charge in [-0.15, -0.1) is 5.10 Å². The van der Waals surface area contributed by atoms with Crippen LogP contribution in [0.25, 0.3) is 5.52 Å². The van der Waals surface area contributed by atoms with Crippen LogP contribution in [-0.4, -0.2) is 14.8 Å². The minimum Gasteiger partial charge on any atom is -0.220 e. The van der Waals surface area contributed by atoms with E-state index in [1.807, 2.05) is 12.3 Å². The predicted octanol–water partition coefficient (Wildman–Crippen LogP) is 2.03. The highest BCUT2D eigenvalue weighted by molar-refractivity contribution is 5.54. The van der Waals surface area contributed by atoms with E-state index in [0.29, 0.717) is 0 Å². The van der Waals surface area contributed by atoms with Gasteiger partial charge in [-0.3, -0.25) is 0 Å². The summed E-state index contributed by atoms with van der Waals surface area (Å²) in [7, 11) is 0. The Labute approximate surface area is 77.4 Å². The van der Waals surface area contributed by atoms with Gasteiger partial charge in [0.25, 0.3) is 0 Å². The number of hydrogen-bond acceptors (Lipinski definition) is 2. The van der Waals surface area contributed by atoms with E-state index < -0.39 is 0 Å². The summed E-state index contributed by atoms with van der Waals surface area (Å²) in [6, 6.07) is 4.13. The lowest BCUT2D eigenvalue weighted by molar-refractivity contribution is 0.592. The molecule has 0 aromatic carbocycles. The molecule has 0 aliphatic heterocycles. The number of fused-ring (bicyclic) bond motifs is 1. The lowest BCUT2D eigenvalue weighted by Gasteiger charge is -2.19. The molecule has 2 rings (SSSR count). The van der Waals surface area contributed by atoms with Crippen molar-refractivity contribution in [3.05, 3.63) is 30.1 Å². The second-order valence-corrected chi connectivity index (χ2v) is 4.24. The molecule has 0 saturated heterocycles. The molecule has 3 nitrogen and oxygen atoms in total. The Morgan fingerprint density at radius 3 is 2.77 bits per heavy atom. The van der Waals surface area contributed by atoms with E-state index in [2.05, 4.69) is 37.1 Å². The summed E-state index contributed by atoms with van der Waals surface area (Å²) in [5.74, 6) is 0. The zero-order chi connectivity index (χ0) is 9.47. The summed E-state index contributed by atoms with van der Waals surface area (Å²) in [5, 5.41) is 7.85. The topological polar surface area (TPSA) is 30.2 Å². The predicted molar refractivity (Wildman–Crippen MR) is 51.7 cm³/mol. The number of pyridine rings is 1. The van der Waals surface area contributed by atoms with E-state index >= 15 is 0 Å². The van der Waals surface area contributed by atoms with Crippen molar-refractivity contribution in [1.82, 2.24) is 14.8 Å². The van der Waals surface area contributed by atoms with Crippen molar-refractivity contribution < 1.29 is 0 Å². The third kappa shape index (κ3) is 1.30. The van der Waals surface area contributed by atoms with E-state index in [4.69, 9.17) is 0 Å². The van der Waals surface area contributed by atoms with E-state index in [-0.39, 0.29) is 5.41 Å². The largest absolute Gasteiger partial charge is 0.220 e. The van der Waals surface area contributed by atoms with Gasteiger partial charge in [-0.05, 0) is 17.0 Å². The minimum atomic E-state index is 0.143. The number of nitrogens with zero attached hydrogens (tertiary/aromatic N) is 3. The van der Waals surface area contributed by atoms with E-state index in [9.17, 15) is 0 Å². The zero-order valence-electron chi connectivity index (χ0n) is 8.15. The van der Waals surface area contributed by atoms with Crippen molar-refractivity contribution in [1.29, 1.82) is 0 Å². The van der Waals surface area contributed by atoms with Crippen LogP contribution in [0.15, 0.2) is 24.5 Å². The monoisotopic (exact) mass is 175 g/mol. The molecular formula is C10H13N3. The molecule has 0 atom stereocenters. The normalized spacial score (nSPS) is 12.2. The first-order valence-corrected chi connectivity index (χ1v) is 4.38. The van der Waals surface area contributed by atoms with Gasteiger partial charge in [-0.25, -0.2) is 4.52 Å². The summed E-state index contributed by atoms with van der Waals surface area (Å²) in [6.45, 7) is 6.57. The molecule has 0 aliphatic carbocycles. The van der Waals surface area contributed by atoms with Crippen LogP contribution in [0.2, 0.25) is 0 Å². The van der Waals surface area contributed by atoms with Crippen LogP contribution in [0.4, 0.5) is 0 Å². The molecule has 0 unspecified atom stereocenters. The number of hydrogen-bond donors (Lipinski definition) is 0. The third-order valence-electron chi connectivity index (χ3n) is 2.15. The molecule has 13 heavy (non-hydrogen) atoms. The van der Waals surface area contributed by atoms with Crippen LogP contribution < -0.4 is 0 Å². The van der Waals surface area contributed by atoms with Crippen molar-refractivity contribution >= 4 is 5.52 Å². The lowest BCUT2D eigenvalue weighted by atomic mass is 9.87. The van der Waals surface area contributed by atoms with Gasteiger partial charge in [0.1, 0.15) is 0 Å². The van der Waals surface area contributed by atoms with E-state index in [1.54, 1.807) is 10.7 Å². The van der Waals surface area contributed by atoms with Crippen LogP contribution in [-0.2, 0) is 5.41 Å². The van der Waals surface area contributed by atoms with Crippen molar-refractivity contribution in [3.8, 4) is 0 Å². The lowest BCUT2D eigenvalue weighted by Crippen LogP contribution is -2.12. The molecule has 68 valence electrons. The van der Waals surface area contributed by atoms with Gasteiger partial charge in [0.2, 0.25) is 0 Å². The van der Waals surface area contributed by atoms with Crippen molar-refractivity contribution in [3.63, 3.8) is 0 Å². The molecule has 0 saturated carbocycles. The van der Waals surface area contributed by atoms with Gasteiger partial charge >= 0.3 is 0 Å². The maximum absolute atomic E-state index is 3.96. The van der Waals surface area contributed by atoms with Crippen molar-refractivity contribution in [2.24, 2.45) is 0 Å². The fourth-order valence-corrected chi connectivity index (χ4v) is 1.49. The fraction of sp³-hybridized carbons (Fsp3) is 0.400. The first kappa shape index (κ1) is 8.23. The number of aromatic nitrogens is 3. The molecule has 0 spiro atoms. The Kier molecular flexibility index (Phi) is 1.62. The summed E-state index contributed by atoms with van der Waals surface area (Å²) in [6.07, 6.45) is 3.72. The highest BCUT2D eigenvalue weighted by atomic mass is 15.4. The average Bonchev–Trinajstić information content (AvgIpc) is 2.48. The summed E-state index contributed by atoms with van der Waals surface area (Å²) >= 11 is 0. The van der Waals surface area contributed by atoms with E-state index in [0.717, 1.165) is 5.52 Å². The number of rotatable bonds is 0. The van der Waals surface area contributed by atoms with Crippen molar-refractivity contribution in [2.75, 3.05) is 0 Å². The molecule has 2 heterocycles. The Hall–Kier alpha value is -1.38. The standard InChI is InChI=1S/C10H13N3/c1-10(2,3)8-5-4-6-13-9(8)7-11-12-13/h4-7H,1-3H3. The minimum absolute atomic E-state index is 0.143. The Morgan fingerprint density at radius 1 is 1.31 bits per heavy atom. The van der Waals surface area contributed by atoms with Crippen LogP contribution in [0.1, 0.15) is 26.3 Å². The molecule has 0 bridgehead atoms. The van der Waals surface area contributed by atoms with Crippen LogP contribution >= 0.6 is 0 Å². The van der Waals surface area contributed by atoms with Gasteiger partial charge in [-0.1, -0.05) is 32.1 Å². The van der Waals surface area contributed by atoms with Crippen LogP contribution in [0.5, 0.6) is 0 Å². The second kappa shape index (κ2) is 2.55. The maximum atomic E-state index is 3.96. The summed E-state index contributed by atoms with van der Waals surface area (Å²) in [5.41, 5.74) is 2.51. The Bertz CT molecular complexity index is 423. The molecule has 0 radical (unpaired) electrons. The molecule has 3 heteroatoms. The Morgan fingerprint density at radius 2 is 2.08 bits per heavy atom. The fourth-order valence-electron chi connectivity index (χ4n) is 1.49. The first-order chi connectivity index (χ1) is 6.09. The van der Waals surface area contributed by atoms with Gasteiger partial charge in [0.05, 0.1) is 11.7 Å². The van der Waals surface area contributed by atoms with Crippen molar-refractivity contribution in [2.45, 2.75) is 26.2 Å². The first-order valence-electron chi connectivity index (χ1n) is 4.38. The molecule has 2 aromatic rings. The highest BCUT2D eigenvalue weighted by Crippen LogP contribution is 2.25. The molecule has 0 amide bonds. The SMILES string of the molecule is CC(C)(C)c1cccn2nncc12. The van der Waals surface area contributed by atoms with Gasteiger partial charge in [-0.2, -0.15) is 0 Å². The quantitative estimate of drug-likeness (QED) is 0.613. The van der Waals surface area contributed by atoms with Crippen LogP contribution in [0, 0.1) is 0 Å². The molecule has 2 aromatic heterocycles.